The molecule has 10 nitrogen and oxygen atoms in total. The predicted octanol–water partition coefficient (Wildman–Crippen LogP) is 4.94. The van der Waals surface area contributed by atoms with Gasteiger partial charge in [-0.1, -0.05) is 39.0 Å². The second kappa shape index (κ2) is 11.9. The molecule has 11 heteroatoms. The van der Waals surface area contributed by atoms with Gasteiger partial charge < -0.3 is 25.5 Å². The number of carboxylic acid groups (broad SMARTS) is 1. The summed E-state index contributed by atoms with van der Waals surface area (Å²) in [6, 6.07) is 12.5. The van der Waals surface area contributed by atoms with E-state index in [0.717, 1.165) is 5.56 Å². The lowest BCUT2D eigenvalue weighted by atomic mass is 9.91. The Morgan fingerprint density at radius 2 is 1.78 bits per heavy atom. The molecule has 0 bridgehead atoms. The molecular weight excluding hydrogens is 544 g/mol. The highest BCUT2D eigenvalue weighted by molar-refractivity contribution is 7.12. The van der Waals surface area contributed by atoms with Crippen molar-refractivity contribution in [3.05, 3.63) is 76.0 Å². The van der Waals surface area contributed by atoms with Gasteiger partial charge in [0.1, 0.15) is 6.04 Å². The summed E-state index contributed by atoms with van der Waals surface area (Å²) in [5.41, 5.74) is 1.56. The van der Waals surface area contributed by atoms with E-state index in [0.29, 0.717) is 16.3 Å². The molecule has 4 rings (SSSR count). The van der Waals surface area contributed by atoms with Gasteiger partial charge in [-0.2, -0.15) is 0 Å². The molecule has 0 spiro atoms. The van der Waals surface area contributed by atoms with E-state index in [9.17, 15) is 29.1 Å². The summed E-state index contributed by atoms with van der Waals surface area (Å²) in [6.07, 6.45) is 0.184. The highest BCUT2D eigenvalue weighted by Crippen LogP contribution is 2.36. The summed E-state index contributed by atoms with van der Waals surface area (Å²) in [4.78, 5) is 68.5. The number of amides is 4. The monoisotopic (exact) mass is 576 g/mol. The first-order chi connectivity index (χ1) is 19.3. The number of ketones is 1. The molecule has 0 saturated carbocycles. The van der Waals surface area contributed by atoms with Crippen molar-refractivity contribution in [2.45, 2.75) is 40.2 Å². The molecule has 0 fully saturated rings. The van der Waals surface area contributed by atoms with Crippen LogP contribution in [0.5, 0.6) is 0 Å². The number of thiophene rings is 1. The molecule has 1 aliphatic rings. The highest BCUT2D eigenvalue weighted by Gasteiger charge is 2.38. The largest absolute Gasteiger partial charge is 0.478 e. The third kappa shape index (κ3) is 7.17. The molecule has 3 aromatic rings. The first-order valence-electron chi connectivity index (χ1n) is 13.0. The van der Waals surface area contributed by atoms with Gasteiger partial charge in [-0.15, -0.1) is 11.3 Å². The Morgan fingerprint density at radius 3 is 2.44 bits per heavy atom. The van der Waals surface area contributed by atoms with Crippen molar-refractivity contribution in [3.63, 3.8) is 0 Å². The number of urea groups is 1. The average Bonchev–Trinajstić information content (AvgIpc) is 3.41. The minimum absolute atomic E-state index is 0.0172. The maximum atomic E-state index is 14.0. The molecule has 0 saturated heterocycles. The standard InChI is InChI=1S/C30H32N4O6S/c1-18-10-11-22-23(13-18)34(17-24(35)25-9-6-12-41-25)27(37)21(16-33(22)26(36)15-30(2,3)4)32-29(40)31-20-8-5-7-19(14-20)28(38)39/h5-14,21H,15-17H2,1-4H3,(H,38,39)(H2,31,32,40). The third-order valence-electron chi connectivity index (χ3n) is 6.39. The van der Waals surface area contributed by atoms with E-state index in [4.69, 9.17) is 0 Å². The molecule has 214 valence electrons. The number of anilines is 3. The van der Waals surface area contributed by atoms with Gasteiger partial charge in [0.25, 0.3) is 5.91 Å². The Morgan fingerprint density at radius 1 is 1.02 bits per heavy atom. The lowest BCUT2D eigenvalue weighted by Crippen LogP contribution is -2.54. The molecule has 1 aromatic heterocycles. The lowest BCUT2D eigenvalue weighted by Gasteiger charge is -2.28. The Hall–Kier alpha value is -4.51. The van der Waals surface area contributed by atoms with Crippen molar-refractivity contribution in [1.29, 1.82) is 0 Å². The van der Waals surface area contributed by atoms with Crippen molar-refractivity contribution in [3.8, 4) is 0 Å². The SMILES string of the molecule is Cc1ccc2c(c1)N(CC(=O)c1cccs1)C(=O)C(NC(=O)Nc1cccc(C(=O)O)c1)CN2C(=O)CC(C)(C)C. The first kappa shape index (κ1) is 29.5. The van der Waals surface area contributed by atoms with Crippen LogP contribution in [0, 0.1) is 12.3 Å². The Labute approximate surface area is 242 Å². The molecule has 3 N–H and O–H groups in total. The number of benzene rings is 2. The Balaban J connectivity index is 1.71. The van der Waals surface area contributed by atoms with Gasteiger partial charge in [0, 0.05) is 12.1 Å². The molecule has 0 radical (unpaired) electrons. The maximum Gasteiger partial charge on any atom is 0.335 e. The summed E-state index contributed by atoms with van der Waals surface area (Å²) in [5, 5.41) is 16.3. The number of carbonyl (C=O) groups is 5. The van der Waals surface area contributed by atoms with E-state index in [-0.39, 0.29) is 47.9 Å². The normalized spacial score (nSPS) is 15.1. The van der Waals surface area contributed by atoms with Crippen LogP contribution in [-0.4, -0.2) is 53.8 Å². The van der Waals surface area contributed by atoms with Crippen molar-refractivity contribution >= 4 is 58.0 Å². The fraction of sp³-hybridized carbons (Fsp3) is 0.300. The molecule has 0 aliphatic carbocycles. The van der Waals surface area contributed by atoms with Gasteiger partial charge in [0.15, 0.2) is 5.78 Å². The van der Waals surface area contributed by atoms with Crippen LogP contribution in [0.3, 0.4) is 0 Å². The van der Waals surface area contributed by atoms with Gasteiger partial charge in [-0.05, 0) is 59.7 Å². The van der Waals surface area contributed by atoms with Crippen molar-refractivity contribution in [2.75, 3.05) is 28.2 Å². The van der Waals surface area contributed by atoms with E-state index in [1.807, 2.05) is 33.8 Å². The minimum atomic E-state index is -1.20. The van der Waals surface area contributed by atoms with Crippen LogP contribution in [0.2, 0.25) is 0 Å². The van der Waals surface area contributed by atoms with Gasteiger partial charge in [0.05, 0.1) is 34.9 Å². The van der Waals surface area contributed by atoms with Gasteiger partial charge in [0.2, 0.25) is 5.91 Å². The lowest BCUT2D eigenvalue weighted by molar-refractivity contribution is -0.121. The predicted molar refractivity (Wildman–Crippen MR) is 158 cm³/mol. The van der Waals surface area contributed by atoms with E-state index in [1.54, 1.807) is 29.6 Å². The Bertz CT molecular complexity index is 1490. The topological polar surface area (TPSA) is 136 Å². The molecular formula is C30H32N4O6S. The van der Waals surface area contributed by atoms with Gasteiger partial charge in [-0.3, -0.25) is 14.4 Å². The number of hydrogen-bond donors (Lipinski definition) is 3. The van der Waals surface area contributed by atoms with Gasteiger partial charge >= 0.3 is 12.0 Å². The second-order valence-electron chi connectivity index (χ2n) is 11.1. The number of nitrogens with one attached hydrogen (secondary N) is 2. The number of carboxylic acids is 1. The van der Waals surface area contributed by atoms with Crippen LogP contribution in [0.4, 0.5) is 21.9 Å². The fourth-order valence-corrected chi connectivity index (χ4v) is 5.17. The second-order valence-corrected chi connectivity index (χ2v) is 12.0. The number of aryl methyl sites for hydroxylation is 1. The summed E-state index contributed by atoms with van der Waals surface area (Å²) < 4.78 is 0. The van der Waals surface area contributed by atoms with Crippen molar-refractivity contribution in [1.82, 2.24) is 5.32 Å². The minimum Gasteiger partial charge on any atom is -0.478 e. The zero-order valence-corrected chi connectivity index (χ0v) is 24.1. The zero-order chi connectivity index (χ0) is 29.9. The van der Waals surface area contributed by atoms with Gasteiger partial charge in [-0.25, -0.2) is 9.59 Å². The molecule has 2 aromatic carbocycles. The molecule has 1 aliphatic heterocycles. The molecule has 4 amide bonds. The quantitative estimate of drug-likeness (QED) is 0.341. The summed E-state index contributed by atoms with van der Waals surface area (Å²) in [7, 11) is 0. The summed E-state index contributed by atoms with van der Waals surface area (Å²) in [5.74, 6) is -2.21. The average molecular weight is 577 g/mol. The van der Waals surface area contributed by atoms with Crippen LogP contribution in [0.15, 0.2) is 60.0 Å². The van der Waals surface area contributed by atoms with E-state index >= 15 is 0 Å². The molecule has 1 atom stereocenters. The molecule has 2 heterocycles. The zero-order valence-electron chi connectivity index (χ0n) is 23.3. The van der Waals surface area contributed by atoms with Crippen LogP contribution >= 0.6 is 11.3 Å². The first-order valence-corrected chi connectivity index (χ1v) is 13.9. The number of carbonyl (C=O) groups excluding carboxylic acids is 4. The fourth-order valence-electron chi connectivity index (χ4n) is 4.51. The van der Waals surface area contributed by atoms with Crippen molar-refractivity contribution in [2.24, 2.45) is 5.41 Å². The maximum absolute atomic E-state index is 14.0. The number of rotatable bonds is 7. The summed E-state index contributed by atoms with van der Waals surface area (Å²) >= 11 is 1.26. The molecule has 1 unspecified atom stereocenters. The molecule has 41 heavy (non-hydrogen) atoms. The third-order valence-corrected chi connectivity index (χ3v) is 7.31. The number of nitrogens with zero attached hydrogens (tertiary/aromatic N) is 2. The Kier molecular flexibility index (Phi) is 8.57. The van der Waals surface area contributed by atoms with Crippen LogP contribution in [0.1, 0.15) is 52.8 Å². The highest BCUT2D eigenvalue weighted by atomic mass is 32.1. The van der Waals surface area contributed by atoms with Crippen molar-refractivity contribution < 1.29 is 29.1 Å². The number of Topliss-reactive ketones (excluding diaryl/α,β-unsaturated/α-hetero) is 1. The van der Waals surface area contributed by atoms with E-state index in [2.05, 4.69) is 10.6 Å². The van der Waals surface area contributed by atoms with Crippen LogP contribution < -0.4 is 20.4 Å². The summed E-state index contributed by atoms with van der Waals surface area (Å²) in [6.45, 7) is 7.22. The number of hydrogen-bond acceptors (Lipinski definition) is 6. The number of fused-ring (bicyclic) bond motifs is 1. The van der Waals surface area contributed by atoms with Crippen LogP contribution in [-0.2, 0) is 9.59 Å². The number of aromatic carboxylic acids is 1. The van der Waals surface area contributed by atoms with Crippen LogP contribution in [0.25, 0.3) is 0 Å². The smallest absolute Gasteiger partial charge is 0.335 e. The van der Waals surface area contributed by atoms with E-state index < -0.39 is 23.9 Å². The van der Waals surface area contributed by atoms with E-state index in [1.165, 1.54) is 45.4 Å².